The van der Waals surface area contributed by atoms with E-state index in [0.29, 0.717) is 17.8 Å². The van der Waals surface area contributed by atoms with Crippen LogP contribution in [0.25, 0.3) is 0 Å². The van der Waals surface area contributed by atoms with Crippen LogP contribution < -0.4 is 0 Å². The average molecular weight is 294 g/mol. The standard InChI is InChI=1S/C17H26O2S/c1-12(2)16-10-7-14(4)11-17(16)19-20(18)15-8-5-13(3)6-9-15/h5-6,8-9,12,14,16-17H,7,10-11H2,1-4H3/t14-,16?,17?,20+/m0/s1. The topological polar surface area (TPSA) is 26.3 Å². The van der Waals surface area contributed by atoms with Gasteiger partial charge in [-0.3, -0.25) is 4.18 Å². The Hall–Kier alpha value is -0.670. The van der Waals surface area contributed by atoms with Gasteiger partial charge in [-0.05, 0) is 49.7 Å². The van der Waals surface area contributed by atoms with Crippen molar-refractivity contribution >= 4 is 11.1 Å². The molecule has 0 saturated heterocycles. The number of aryl methyl sites for hydroxylation is 1. The van der Waals surface area contributed by atoms with Crippen molar-refractivity contribution in [2.75, 3.05) is 0 Å². The second-order valence-electron chi connectivity index (χ2n) is 6.51. The summed E-state index contributed by atoms with van der Waals surface area (Å²) in [5.74, 6) is 1.79. The summed E-state index contributed by atoms with van der Waals surface area (Å²) in [5.41, 5.74) is 1.18. The van der Waals surface area contributed by atoms with Crippen LogP contribution >= 0.6 is 0 Å². The predicted molar refractivity (Wildman–Crippen MR) is 83.8 cm³/mol. The van der Waals surface area contributed by atoms with Crippen molar-refractivity contribution in [1.82, 2.24) is 0 Å². The molecule has 1 aromatic rings. The van der Waals surface area contributed by atoms with E-state index in [0.717, 1.165) is 11.3 Å². The van der Waals surface area contributed by atoms with Crippen molar-refractivity contribution in [3.63, 3.8) is 0 Å². The molecule has 1 fully saturated rings. The third-order valence-corrected chi connectivity index (χ3v) is 5.46. The molecule has 0 amide bonds. The fourth-order valence-electron chi connectivity index (χ4n) is 3.04. The van der Waals surface area contributed by atoms with Crippen molar-refractivity contribution in [2.45, 2.75) is 58.0 Å². The van der Waals surface area contributed by atoms with Crippen LogP contribution in [0.4, 0.5) is 0 Å². The number of hydrogen-bond acceptors (Lipinski definition) is 2. The lowest BCUT2D eigenvalue weighted by molar-refractivity contribution is 0.0567. The molecule has 1 saturated carbocycles. The second-order valence-corrected chi connectivity index (χ2v) is 7.64. The van der Waals surface area contributed by atoms with E-state index in [1.165, 1.54) is 18.4 Å². The summed E-state index contributed by atoms with van der Waals surface area (Å²) in [4.78, 5) is 0.774. The maximum atomic E-state index is 12.4. The van der Waals surface area contributed by atoms with Crippen LogP contribution in [0.1, 0.15) is 45.6 Å². The molecule has 4 atom stereocenters. The normalized spacial score (nSPS) is 28.6. The number of rotatable bonds is 4. The predicted octanol–water partition coefficient (Wildman–Crippen LogP) is 4.50. The number of benzene rings is 1. The molecule has 2 nitrogen and oxygen atoms in total. The van der Waals surface area contributed by atoms with E-state index in [1.54, 1.807) is 0 Å². The lowest BCUT2D eigenvalue weighted by Crippen LogP contribution is -2.34. The van der Waals surface area contributed by atoms with Crippen molar-refractivity contribution in [3.05, 3.63) is 29.8 Å². The van der Waals surface area contributed by atoms with Crippen LogP contribution in [0.15, 0.2) is 29.2 Å². The van der Waals surface area contributed by atoms with Crippen LogP contribution in [0.3, 0.4) is 0 Å². The molecule has 1 aromatic carbocycles. The molecule has 1 aliphatic carbocycles. The van der Waals surface area contributed by atoms with E-state index < -0.39 is 11.1 Å². The van der Waals surface area contributed by atoms with Crippen LogP contribution in [-0.2, 0) is 15.3 Å². The maximum absolute atomic E-state index is 12.4. The highest BCUT2D eigenvalue weighted by Gasteiger charge is 2.33. The van der Waals surface area contributed by atoms with E-state index in [-0.39, 0.29) is 6.10 Å². The zero-order valence-electron chi connectivity index (χ0n) is 13.0. The molecule has 0 N–H and O–H groups in total. The number of hydrogen-bond donors (Lipinski definition) is 0. The van der Waals surface area contributed by atoms with Crippen LogP contribution in [0.5, 0.6) is 0 Å². The first-order chi connectivity index (χ1) is 9.47. The second kappa shape index (κ2) is 6.86. The van der Waals surface area contributed by atoms with Gasteiger partial charge in [-0.2, -0.15) is 0 Å². The van der Waals surface area contributed by atoms with Gasteiger partial charge in [-0.25, -0.2) is 4.21 Å². The van der Waals surface area contributed by atoms with E-state index in [1.807, 2.05) is 31.2 Å². The summed E-state index contributed by atoms with van der Waals surface area (Å²) >= 11 is -1.34. The SMILES string of the molecule is Cc1ccc([S@](=O)OC2C[C@@H](C)CCC2C(C)C)cc1. The Labute approximate surface area is 125 Å². The zero-order valence-corrected chi connectivity index (χ0v) is 13.8. The lowest BCUT2D eigenvalue weighted by Gasteiger charge is -2.36. The van der Waals surface area contributed by atoms with Crippen LogP contribution in [0.2, 0.25) is 0 Å². The van der Waals surface area contributed by atoms with Gasteiger partial charge in [0.15, 0.2) is 11.1 Å². The van der Waals surface area contributed by atoms with E-state index in [9.17, 15) is 4.21 Å². The summed E-state index contributed by atoms with van der Waals surface area (Å²) < 4.78 is 18.3. The first-order valence-electron chi connectivity index (χ1n) is 7.63. The van der Waals surface area contributed by atoms with E-state index >= 15 is 0 Å². The molecule has 112 valence electrons. The summed E-state index contributed by atoms with van der Waals surface area (Å²) in [6.45, 7) is 8.78. The monoisotopic (exact) mass is 294 g/mol. The minimum Gasteiger partial charge on any atom is -0.283 e. The first-order valence-corrected chi connectivity index (χ1v) is 8.70. The summed E-state index contributed by atoms with van der Waals surface area (Å²) in [6.07, 6.45) is 3.61. The van der Waals surface area contributed by atoms with Crippen molar-refractivity contribution in [1.29, 1.82) is 0 Å². The third-order valence-electron chi connectivity index (χ3n) is 4.39. The van der Waals surface area contributed by atoms with Gasteiger partial charge < -0.3 is 0 Å². The Morgan fingerprint density at radius 1 is 1.20 bits per heavy atom. The smallest absolute Gasteiger partial charge is 0.189 e. The fourth-order valence-corrected chi connectivity index (χ4v) is 3.96. The molecule has 2 rings (SSSR count). The Kier molecular flexibility index (Phi) is 5.39. The molecular formula is C17H26O2S. The van der Waals surface area contributed by atoms with E-state index in [4.69, 9.17) is 4.18 Å². The molecule has 3 heteroatoms. The van der Waals surface area contributed by atoms with Crippen LogP contribution in [-0.4, -0.2) is 10.3 Å². The molecule has 0 heterocycles. The highest BCUT2D eigenvalue weighted by Crippen LogP contribution is 2.36. The fraction of sp³-hybridized carbons (Fsp3) is 0.647. The van der Waals surface area contributed by atoms with Crippen molar-refractivity contribution in [2.24, 2.45) is 17.8 Å². The van der Waals surface area contributed by atoms with Crippen molar-refractivity contribution in [3.8, 4) is 0 Å². The summed E-state index contributed by atoms with van der Waals surface area (Å²) in [5, 5.41) is 0. The molecule has 0 spiro atoms. The molecule has 0 aliphatic heterocycles. The van der Waals surface area contributed by atoms with Gasteiger partial charge in [0.25, 0.3) is 0 Å². The highest BCUT2D eigenvalue weighted by atomic mass is 32.2. The van der Waals surface area contributed by atoms with Gasteiger partial charge in [0.1, 0.15) is 0 Å². The van der Waals surface area contributed by atoms with Gasteiger partial charge >= 0.3 is 0 Å². The quantitative estimate of drug-likeness (QED) is 0.817. The Morgan fingerprint density at radius 3 is 2.45 bits per heavy atom. The lowest BCUT2D eigenvalue weighted by atomic mass is 9.75. The Balaban J connectivity index is 2.05. The van der Waals surface area contributed by atoms with Crippen LogP contribution in [0, 0.1) is 24.7 Å². The molecule has 20 heavy (non-hydrogen) atoms. The van der Waals surface area contributed by atoms with Gasteiger partial charge in [0.05, 0.1) is 11.0 Å². The third kappa shape index (κ3) is 3.92. The molecule has 0 aromatic heterocycles. The Bertz CT molecular complexity index is 453. The Morgan fingerprint density at radius 2 is 1.85 bits per heavy atom. The minimum atomic E-state index is -1.34. The van der Waals surface area contributed by atoms with Crippen molar-refractivity contribution < 1.29 is 8.39 Å². The van der Waals surface area contributed by atoms with Gasteiger partial charge in [-0.1, -0.05) is 44.9 Å². The van der Waals surface area contributed by atoms with Gasteiger partial charge in [-0.15, -0.1) is 0 Å². The zero-order chi connectivity index (χ0) is 14.7. The first kappa shape index (κ1) is 15.7. The molecule has 0 radical (unpaired) electrons. The van der Waals surface area contributed by atoms with Gasteiger partial charge in [0.2, 0.25) is 0 Å². The average Bonchev–Trinajstić information content (AvgIpc) is 2.39. The maximum Gasteiger partial charge on any atom is 0.189 e. The molecular weight excluding hydrogens is 268 g/mol. The molecule has 1 aliphatic rings. The largest absolute Gasteiger partial charge is 0.283 e. The summed E-state index contributed by atoms with van der Waals surface area (Å²) in [6, 6.07) is 7.78. The van der Waals surface area contributed by atoms with E-state index in [2.05, 4.69) is 20.8 Å². The minimum absolute atomic E-state index is 0.126. The van der Waals surface area contributed by atoms with Gasteiger partial charge in [0, 0.05) is 0 Å². The highest BCUT2D eigenvalue weighted by molar-refractivity contribution is 7.80. The molecule has 2 unspecified atom stereocenters. The molecule has 0 bridgehead atoms. The summed E-state index contributed by atoms with van der Waals surface area (Å²) in [7, 11) is 0.